The van der Waals surface area contributed by atoms with Gasteiger partial charge in [-0.2, -0.15) is 18.3 Å². The minimum atomic E-state index is -4.56. The van der Waals surface area contributed by atoms with Gasteiger partial charge in [-0.05, 0) is 6.07 Å². The van der Waals surface area contributed by atoms with Crippen molar-refractivity contribution in [2.45, 2.75) is 12.6 Å². The van der Waals surface area contributed by atoms with Gasteiger partial charge in [0.2, 0.25) is 0 Å². The summed E-state index contributed by atoms with van der Waals surface area (Å²) in [5.74, 6) is -1.16. The summed E-state index contributed by atoms with van der Waals surface area (Å²) >= 11 is 0. The number of carbonyl (C=O) groups is 1. The van der Waals surface area contributed by atoms with Crippen molar-refractivity contribution in [1.82, 2.24) is 14.6 Å². The molecule has 0 aliphatic rings. The topological polar surface area (TPSA) is 67.5 Å². The maximum Gasteiger partial charge on any atom is 0.433 e. The quantitative estimate of drug-likeness (QED) is 0.867. The molecule has 0 amide bonds. The van der Waals surface area contributed by atoms with Gasteiger partial charge in [-0.1, -0.05) is 0 Å². The number of hydrogen-bond donors (Lipinski definition) is 1. The number of carboxylic acid groups (broad SMARTS) is 1. The van der Waals surface area contributed by atoms with Gasteiger partial charge in [-0.25, -0.2) is 9.50 Å². The van der Waals surface area contributed by atoms with Crippen molar-refractivity contribution >= 4 is 11.6 Å². The van der Waals surface area contributed by atoms with Crippen LogP contribution in [0.3, 0.4) is 0 Å². The third kappa shape index (κ3) is 2.19. The van der Waals surface area contributed by atoms with E-state index >= 15 is 0 Å². The number of fused-ring (bicyclic) bond motifs is 1. The molecule has 0 aliphatic heterocycles. The molecule has 0 aliphatic carbocycles. The molecule has 17 heavy (non-hydrogen) atoms. The molecule has 8 heteroatoms. The zero-order valence-electron chi connectivity index (χ0n) is 8.27. The van der Waals surface area contributed by atoms with E-state index in [2.05, 4.69) is 10.1 Å². The fourth-order valence-corrected chi connectivity index (χ4v) is 1.40. The van der Waals surface area contributed by atoms with Crippen molar-refractivity contribution in [1.29, 1.82) is 0 Å². The normalized spacial score (nSPS) is 11.9. The van der Waals surface area contributed by atoms with Crippen molar-refractivity contribution < 1.29 is 23.1 Å². The van der Waals surface area contributed by atoms with E-state index < -0.39 is 24.3 Å². The van der Waals surface area contributed by atoms with Crippen molar-refractivity contribution in [3.63, 3.8) is 0 Å². The third-order valence-corrected chi connectivity index (χ3v) is 2.03. The Morgan fingerprint density at radius 2 is 2.18 bits per heavy atom. The van der Waals surface area contributed by atoms with Gasteiger partial charge in [0.1, 0.15) is 5.69 Å². The highest BCUT2D eigenvalue weighted by Gasteiger charge is 2.34. The second-order valence-electron chi connectivity index (χ2n) is 3.30. The molecule has 0 atom stereocenters. The average molecular weight is 245 g/mol. The number of aromatic nitrogens is 3. The molecule has 0 radical (unpaired) electrons. The lowest BCUT2D eigenvalue weighted by atomic mass is 10.3. The number of aliphatic carboxylic acids is 1. The minimum Gasteiger partial charge on any atom is -0.481 e. The first kappa shape index (κ1) is 11.4. The van der Waals surface area contributed by atoms with E-state index in [1.807, 2.05) is 0 Å². The van der Waals surface area contributed by atoms with Crippen LogP contribution in [0, 0.1) is 0 Å². The summed E-state index contributed by atoms with van der Waals surface area (Å²) < 4.78 is 38.3. The van der Waals surface area contributed by atoms with Crippen molar-refractivity contribution in [3.8, 4) is 0 Å². The highest BCUT2D eigenvalue weighted by molar-refractivity contribution is 5.70. The van der Waals surface area contributed by atoms with Crippen LogP contribution >= 0.6 is 0 Å². The summed E-state index contributed by atoms with van der Waals surface area (Å²) in [6, 6.07) is 1.99. The molecule has 0 saturated heterocycles. The summed E-state index contributed by atoms with van der Waals surface area (Å²) in [6.07, 6.45) is -4.00. The highest BCUT2D eigenvalue weighted by atomic mass is 19.4. The summed E-state index contributed by atoms with van der Waals surface area (Å²) in [7, 11) is 0. The van der Waals surface area contributed by atoms with Crippen LogP contribution in [-0.4, -0.2) is 25.7 Å². The molecule has 0 saturated carbocycles. The van der Waals surface area contributed by atoms with E-state index in [1.165, 1.54) is 6.07 Å². The average Bonchev–Trinajstić information content (AvgIpc) is 2.55. The molecule has 0 aromatic carbocycles. The largest absolute Gasteiger partial charge is 0.481 e. The van der Waals surface area contributed by atoms with Crippen LogP contribution in [0.1, 0.15) is 11.4 Å². The smallest absolute Gasteiger partial charge is 0.433 e. The maximum atomic E-state index is 12.6. The second kappa shape index (κ2) is 3.72. The lowest BCUT2D eigenvalue weighted by Gasteiger charge is -2.07. The molecule has 0 spiro atoms. The van der Waals surface area contributed by atoms with Gasteiger partial charge in [0, 0.05) is 12.3 Å². The Bertz CT molecular complexity index is 576. The number of carboxylic acids is 1. The monoisotopic (exact) mass is 245 g/mol. The lowest BCUT2D eigenvalue weighted by Crippen LogP contribution is -2.13. The molecule has 2 aromatic rings. The predicted molar refractivity (Wildman–Crippen MR) is 49.3 cm³/mol. The number of hydrogen-bond acceptors (Lipinski definition) is 3. The first-order chi connectivity index (χ1) is 7.88. The first-order valence-corrected chi connectivity index (χ1v) is 4.50. The van der Waals surface area contributed by atoms with Gasteiger partial charge < -0.3 is 5.11 Å². The van der Waals surface area contributed by atoms with Crippen LogP contribution < -0.4 is 0 Å². The van der Waals surface area contributed by atoms with Crippen LogP contribution in [0.2, 0.25) is 0 Å². The predicted octanol–water partition coefficient (Wildman–Crippen LogP) is 1.38. The lowest BCUT2D eigenvalue weighted by molar-refractivity contribution is -0.142. The Hall–Kier alpha value is -2.12. The number of halogens is 3. The van der Waals surface area contributed by atoms with Crippen molar-refractivity contribution in [2.75, 3.05) is 0 Å². The van der Waals surface area contributed by atoms with Gasteiger partial charge >= 0.3 is 12.1 Å². The molecule has 90 valence electrons. The van der Waals surface area contributed by atoms with Crippen LogP contribution in [-0.2, 0) is 17.4 Å². The van der Waals surface area contributed by atoms with Crippen molar-refractivity contribution in [3.05, 3.63) is 29.7 Å². The van der Waals surface area contributed by atoms with Crippen LogP contribution in [0.4, 0.5) is 13.2 Å². The number of alkyl halides is 3. The Balaban J connectivity index is 2.57. The third-order valence-electron chi connectivity index (χ3n) is 2.03. The Labute approximate surface area is 92.5 Å². The van der Waals surface area contributed by atoms with Gasteiger partial charge in [0.15, 0.2) is 5.65 Å². The van der Waals surface area contributed by atoms with E-state index in [4.69, 9.17) is 5.11 Å². The van der Waals surface area contributed by atoms with Crippen LogP contribution in [0.15, 0.2) is 18.3 Å². The van der Waals surface area contributed by atoms with Crippen LogP contribution in [0.25, 0.3) is 5.65 Å². The maximum absolute atomic E-state index is 12.6. The fourth-order valence-electron chi connectivity index (χ4n) is 1.40. The highest BCUT2D eigenvalue weighted by Crippen LogP contribution is 2.28. The van der Waals surface area contributed by atoms with E-state index in [0.717, 1.165) is 12.3 Å². The summed E-state index contributed by atoms with van der Waals surface area (Å²) in [6.45, 7) is 0. The molecule has 0 fully saturated rings. The fraction of sp³-hybridized carbons (Fsp3) is 0.222. The molecule has 2 aromatic heterocycles. The van der Waals surface area contributed by atoms with Gasteiger partial charge in [-0.3, -0.25) is 4.79 Å². The zero-order valence-corrected chi connectivity index (χ0v) is 8.27. The first-order valence-electron chi connectivity index (χ1n) is 4.50. The molecular weight excluding hydrogens is 239 g/mol. The number of nitrogens with zero attached hydrogens (tertiary/aromatic N) is 3. The molecule has 0 bridgehead atoms. The van der Waals surface area contributed by atoms with Crippen molar-refractivity contribution in [2.24, 2.45) is 0 Å². The standard InChI is InChI=1S/C9H6F3N3O2/c10-9(11,12)6-1-2-13-7-3-5(4-8(16)17)14-15(6)7/h1-3H,4H2,(H,16,17). The van der Waals surface area contributed by atoms with Gasteiger partial charge in [0.05, 0.1) is 12.1 Å². The summed E-state index contributed by atoms with van der Waals surface area (Å²) in [4.78, 5) is 14.1. The van der Waals surface area contributed by atoms with E-state index in [1.54, 1.807) is 0 Å². The molecule has 2 rings (SSSR count). The number of rotatable bonds is 2. The zero-order chi connectivity index (χ0) is 12.6. The second-order valence-corrected chi connectivity index (χ2v) is 3.30. The molecule has 1 N–H and O–H groups in total. The Kier molecular flexibility index (Phi) is 2.49. The molecule has 0 unspecified atom stereocenters. The molecule has 2 heterocycles. The SMILES string of the molecule is O=C(O)Cc1cc2nccc(C(F)(F)F)n2n1. The Morgan fingerprint density at radius 1 is 1.47 bits per heavy atom. The van der Waals surface area contributed by atoms with Gasteiger partial charge in [-0.15, -0.1) is 0 Å². The molecule has 5 nitrogen and oxygen atoms in total. The van der Waals surface area contributed by atoms with E-state index in [9.17, 15) is 18.0 Å². The van der Waals surface area contributed by atoms with Gasteiger partial charge in [0.25, 0.3) is 0 Å². The summed E-state index contributed by atoms with van der Waals surface area (Å²) in [5.41, 5.74) is -0.989. The van der Waals surface area contributed by atoms with E-state index in [0.29, 0.717) is 4.52 Å². The van der Waals surface area contributed by atoms with E-state index in [-0.39, 0.29) is 11.3 Å². The van der Waals surface area contributed by atoms with Crippen LogP contribution in [0.5, 0.6) is 0 Å². The molecular formula is C9H6F3N3O2. The Morgan fingerprint density at radius 3 is 2.76 bits per heavy atom. The summed E-state index contributed by atoms with van der Waals surface area (Å²) in [5, 5.41) is 12.1. The minimum absolute atomic E-state index is 0.0294.